The number of amides is 1. The number of halogens is 2. The van der Waals surface area contributed by atoms with Gasteiger partial charge in [0.1, 0.15) is 11.6 Å². The zero-order valence-corrected chi connectivity index (χ0v) is 15.5. The first-order chi connectivity index (χ1) is 13.1. The number of anilines is 2. The maximum absolute atomic E-state index is 13.3. The molecule has 1 fully saturated rings. The Labute approximate surface area is 162 Å². The molecule has 1 aliphatic heterocycles. The van der Waals surface area contributed by atoms with Crippen LogP contribution in [0.2, 0.25) is 5.02 Å². The summed E-state index contributed by atoms with van der Waals surface area (Å²) in [5, 5.41) is 4.55. The van der Waals surface area contributed by atoms with Gasteiger partial charge in [-0.3, -0.25) is 4.79 Å². The molecular weight excluding hydrogens is 365 g/mol. The lowest BCUT2D eigenvalue weighted by molar-refractivity contribution is 0.102. The second-order valence-corrected chi connectivity index (χ2v) is 7.08. The first kappa shape index (κ1) is 17.7. The number of piperidine rings is 1. The van der Waals surface area contributed by atoms with Crippen LogP contribution < -0.4 is 10.2 Å². The average Bonchev–Trinajstić information content (AvgIpc) is 2.70. The van der Waals surface area contributed by atoms with Gasteiger partial charge in [-0.15, -0.1) is 0 Å². The first-order valence-electron chi connectivity index (χ1n) is 9.02. The van der Waals surface area contributed by atoms with Crippen LogP contribution in [0.3, 0.4) is 0 Å². The molecule has 0 atom stereocenters. The van der Waals surface area contributed by atoms with Crippen molar-refractivity contribution in [3.63, 3.8) is 0 Å². The number of fused-ring (bicyclic) bond motifs is 1. The van der Waals surface area contributed by atoms with Crippen LogP contribution in [0.4, 0.5) is 15.9 Å². The van der Waals surface area contributed by atoms with E-state index in [2.05, 4.69) is 15.2 Å². The minimum absolute atomic E-state index is 0.0313. The molecule has 0 aliphatic carbocycles. The van der Waals surface area contributed by atoms with Crippen molar-refractivity contribution in [1.29, 1.82) is 0 Å². The predicted molar refractivity (Wildman–Crippen MR) is 107 cm³/mol. The Bertz CT molecular complexity index is 1000. The maximum atomic E-state index is 13.3. The summed E-state index contributed by atoms with van der Waals surface area (Å²) in [4.78, 5) is 19.7. The molecule has 3 aromatic rings. The van der Waals surface area contributed by atoms with E-state index >= 15 is 0 Å². The number of benzene rings is 2. The van der Waals surface area contributed by atoms with Gasteiger partial charge in [-0.05, 0) is 42.8 Å². The van der Waals surface area contributed by atoms with E-state index in [-0.39, 0.29) is 10.9 Å². The quantitative estimate of drug-likeness (QED) is 0.670. The molecule has 4 rings (SSSR count). The summed E-state index contributed by atoms with van der Waals surface area (Å²) in [5.74, 6) is 0.103. The van der Waals surface area contributed by atoms with Gasteiger partial charge in [0.15, 0.2) is 0 Å². The topological polar surface area (TPSA) is 45.2 Å². The molecule has 138 valence electrons. The molecule has 0 saturated carbocycles. The van der Waals surface area contributed by atoms with E-state index in [4.69, 9.17) is 11.6 Å². The largest absolute Gasteiger partial charge is 0.356 e. The summed E-state index contributed by atoms with van der Waals surface area (Å²) < 4.78 is 13.3. The van der Waals surface area contributed by atoms with Crippen LogP contribution in [0.1, 0.15) is 29.6 Å². The Morgan fingerprint density at radius 2 is 1.81 bits per heavy atom. The van der Waals surface area contributed by atoms with Crippen molar-refractivity contribution in [3.05, 3.63) is 65.1 Å². The molecule has 0 spiro atoms. The normalized spacial score (nSPS) is 14.4. The van der Waals surface area contributed by atoms with Crippen molar-refractivity contribution in [2.24, 2.45) is 0 Å². The second-order valence-electron chi connectivity index (χ2n) is 6.67. The van der Waals surface area contributed by atoms with Crippen LogP contribution in [-0.2, 0) is 0 Å². The number of pyridine rings is 1. The van der Waals surface area contributed by atoms with Gasteiger partial charge in [0.05, 0.1) is 10.6 Å². The summed E-state index contributed by atoms with van der Waals surface area (Å²) in [5.41, 5.74) is 0.919. The third-order valence-corrected chi connectivity index (χ3v) is 5.14. The van der Waals surface area contributed by atoms with E-state index in [1.54, 1.807) is 6.20 Å². The van der Waals surface area contributed by atoms with Crippen molar-refractivity contribution in [3.8, 4) is 0 Å². The number of nitrogens with one attached hydrogen (secondary N) is 1. The summed E-state index contributed by atoms with van der Waals surface area (Å²) >= 11 is 5.80. The fourth-order valence-corrected chi connectivity index (χ4v) is 3.67. The lowest BCUT2D eigenvalue weighted by atomic mass is 10.0. The van der Waals surface area contributed by atoms with Gasteiger partial charge in [-0.2, -0.15) is 0 Å². The van der Waals surface area contributed by atoms with Crippen molar-refractivity contribution >= 4 is 39.8 Å². The van der Waals surface area contributed by atoms with E-state index in [1.807, 2.05) is 24.3 Å². The molecule has 1 aliphatic rings. The Kier molecular flexibility index (Phi) is 4.94. The van der Waals surface area contributed by atoms with Gasteiger partial charge in [0.2, 0.25) is 0 Å². The summed E-state index contributed by atoms with van der Waals surface area (Å²) in [7, 11) is 0. The van der Waals surface area contributed by atoms with Crippen LogP contribution in [0.25, 0.3) is 10.8 Å². The minimum atomic E-state index is -0.521. The summed E-state index contributed by atoms with van der Waals surface area (Å²) in [6.45, 7) is 1.97. The average molecular weight is 384 g/mol. The highest BCUT2D eigenvalue weighted by Crippen LogP contribution is 2.29. The molecule has 1 aromatic heterocycles. The van der Waals surface area contributed by atoms with Gasteiger partial charge in [-0.1, -0.05) is 35.9 Å². The third-order valence-electron chi connectivity index (χ3n) is 4.85. The Morgan fingerprint density at radius 3 is 2.56 bits per heavy atom. The maximum Gasteiger partial charge on any atom is 0.257 e. The molecule has 0 bridgehead atoms. The number of rotatable bonds is 3. The van der Waals surface area contributed by atoms with E-state index in [0.29, 0.717) is 11.3 Å². The Balaban J connectivity index is 1.69. The number of carbonyl (C=O) groups is 1. The zero-order chi connectivity index (χ0) is 18.8. The molecule has 1 amide bonds. The number of hydrogen-bond donors (Lipinski definition) is 1. The Hall–Kier alpha value is -2.66. The molecule has 1 N–H and O–H groups in total. The number of aromatic nitrogens is 1. The molecule has 2 heterocycles. The van der Waals surface area contributed by atoms with E-state index in [9.17, 15) is 9.18 Å². The van der Waals surface area contributed by atoms with Crippen molar-refractivity contribution in [2.45, 2.75) is 19.3 Å². The molecular formula is C21H19ClFN3O. The third kappa shape index (κ3) is 3.60. The lowest BCUT2D eigenvalue weighted by Gasteiger charge is -2.29. The molecule has 27 heavy (non-hydrogen) atoms. The number of hydrogen-bond acceptors (Lipinski definition) is 3. The van der Waals surface area contributed by atoms with Crippen molar-refractivity contribution < 1.29 is 9.18 Å². The molecule has 0 radical (unpaired) electrons. The smallest absolute Gasteiger partial charge is 0.257 e. The SMILES string of the molecule is O=C(Nc1ccc(F)c(Cl)c1)c1cnc(N2CCCCC2)c2ccccc12. The van der Waals surface area contributed by atoms with Gasteiger partial charge >= 0.3 is 0 Å². The van der Waals surface area contributed by atoms with Gasteiger partial charge < -0.3 is 10.2 Å². The van der Waals surface area contributed by atoms with Crippen LogP contribution in [0.15, 0.2) is 48.7 Å². The van der Waals surface area contributed by atoms with Gasteiger partial charge in [0.25, 0.3) is 5.91 Å². The minimum Gasteiger partial charge on any atom is -0.356 e. The highest BCUT2D eigenvalue weighted by Gasteiger charge is 2.19. The van der Waals surface area contributed by atoms with Crippen LogP contribution in [-0.4, -0.2) is 24.0 Å². The molecule has 0 unspecified atom stereocenters. The van der Waals surface area contributed by atoms with Crippen LogP contribution in [0, 0.1) is 5.82 Å². The molecule has 2 aromatic carbocycles. The zero-order valence-electron chi connectivity index (χ0n) is 14.7. The van der Waals surface area contributed by atoms with E-state index in [1.165, 1.54) is 24.6 Å². The highest BCUT2D eigenvalue weighted by molar-refractivity contribution is 6.31. The summed E-state index contributed by atoms with van der Waals surface area (Å²) in [6.07, 6.45) is 5.18. The van der Waals surface area contributed by atoms with Gasteiger partial charge in [-0.25, -0.2) is 9.37 Å². The molecule has 4 nitrogen and oxygen atoms in total. The fraction of sp³-hybridized carbons (Fsp3) is 0.238. The fourth-order valence-electron chi connectivity index (χ4n) is 3.49. The molecule has 1 saturated heterocycles. The van der Waals surface area contributed by atoms with Crippen LogP contribution in [0.5, 0.6) is 0 Å². The monoisotopic (exact) mass is 383 g/mol. The first-order valence-corrected chi connectivity index (χ1v) is 9.40. The number of nitrogens with zero attached hydrogens (tertiary/aromatic N) is 2. The lowest BCUT2D eigenvalue weighted by Crippen LogP contribution is -2.30. The van der Waals surface area contributed by atoms with E-state index < -0.39 is 5.82 Å². The van der Waals surface area contributed by atoms with E-state index in [0.717, 1.165) is 42.5 Å². The molecule has 6 heteroatoms. The van der Waals surface area contributed by atoms with Crippen molar-refractivity contribution in [2.75, 3.05) is 23.3 Å². The van der Waals surface area contributed by atoms with Crippen molar-refractivity contribution in [1.82, 2.24) is 4.98 Å². The standard InChI is InChI=1S/C21H19ClFN3O/c22-18-12-14(8-9-19(18)23)25-21(27)17-13-24-20(26-10-4-1-5-11-26)16-7-3-2-6-15(16)17/h2-3,6-9,12-13H,1,4-5,10-11H2,(H,25,27). The summed E-state index contributed by atoms with van der Waals surface area (Å²) in [6, 6.07) is 11.9. The van der Waals surface area contributed by atoms with Crippen LogP contribution >= 0.6 is 11.6 Å². The number of carbonyl (C=O) groups excluding carboxylic acids is 1. The predicted octanol–water partition coefficient (Wildman–Crippen LogP) is 5.27. The Morgan fingerprint density at radius 1 is 1.07 bits per heavy atom. The second kappa shape index (κ2) is 7.53. The highest BCUT2D eigenvalue weighted by atomic mass is 35.5. The van der Waals surface area contributed by atoms with Gasteiger partial charge in [0, 0.05) is 30.4 Å².